The van der Waals surface area contributed by atoms with Crippen LogP contribution in [0.2, 0.25) is 0 Å². The maximum Gasteiger partial charge on any atom is 0.123 e. The van der Waals surface area contributed by atoms with E-state index in [1.807, 2.05) is 6.92 Å². The minimum Gasteiger partial charge on any atom is -0.494 e. The molecule has 23 heavy (non-hydrogen) atoms. The van der Waals surface area contributed by atoms with E-state index in [1.165, 1.54) is 21.9 Å². The topological polar surface area (TPSA) is 55.5 Å². The highest BCUT2D eigenvalue weighted by molar-refractivity contribution is 7.11. The minimum absolute atomic E-state index is 0.00591. The first-order valence-corrected chi connectivity index (χ1v) is 8.66. The van der Waals surface area contributed by atoms with Gasteiger partial charge in [-0.1, -0.05) is 0 Å². The molecule has 126 valence electrons. The number of halogens is 1. The van der Waals surface area contributed by atoms with Gasteiger partial charge in [-0.25, -0.2) is 4.39 Å². The van der Waals surface area contributed by atoms with Crippen molar-refractivity contribution in [2.75, 3.05) is 13.2 Å². The molecule has 0 aliphatic carbocycles. The van der Waals surface area contributed by atoms with Crippen molar-refractivity contribution in [3.63, 3.8) is 0 Å². The maximum atomic E-state index is 12.8. The first-order chi connectivity index (χ1) is 11.0. The van der Waals surface area contributed by atoms with Gasteiger partial charge in [0.15, 0.2) is 0 Å². The quantitative estimate of drug-likeness (QED) is 0.688. The van der Waals surface area contributed by atoms with Crippen LogP contribution < -0.4 is 10.5 Å². The first-order valence-electron chi connectivity index (χ1n) is 7.84. The highest BCUT2D eigenvalue weighted by Crippen LogP contribution is 2.21. The highest BCUT2D eigenvalue weighted by atomic mass is 32.1. The van der Waals surface area contributed by atoms with E-state index in [0.29, 0.717) is 12.4 Å². The van der Waals surface area contributed by atoms with Crippen LogP contribution in [0.25, 0.3) is 0 Å². The Kier molecular flexibility index (Phi) is 6.57. The van der Waals surface area contributed by atoms with Crippen molar-refractivity contribution in [3.05, 3.63) is 52.0 Å². The molecule has 0 radical (unpaired) electrons. The number of hydrogen-bond donors (Lipinski definition) is 2. The van der Waals surface area contributed by atoms with E-state index in [2.05, 4.69) is 12.1 Å². The van der Waals surface area contributed by atoms with Crippen LogP contribution in [0, 0.1) is 5.82 Å². The van der Waals surface area contributed by atoms with Gasteiger partial charge in [0.25, 0.3) is 0 Å². The number of aliphatic hydroxyl groups is 1. The molecule has 0 fully saturated rings. The van der Waals surface area contributed by atoms with Gasteiger partial charge in [0.1, 0.15) is 11.6 Å². The molecular weight excluding hydrogens is 313 g/mol. The molecule has 1 aromatic heterocycles. The number of thiophene rings is 1. The van der Waals surface area contributed by atoms with Gasteiger partial charge in [0, 0.05) is 15.3 Å². The molecule has 0 aliphatic heterocycles. The predicted octanol–water partition coefficient (Wildman–Crippen LogP) is 3.54. The van der Waals surface area contributed by atoms with Crippen molar-refractivity contribution >= 4 is 11.3 Å². The van der Waals surface area contributed by atoms with Crippen LogP contribution in [-0.2, 0) is 12.8 Å². The van der Waals surface area contributed by atoms with E-state index < -0.39 is 5.54 Å². The van der Waals surface area contributed by atoms with Gasteiger partial charge in [0.2, 0.25) is 0 Å². The van der Waals surface area contributed by atoms with Crippen molar-refractivity contribution in [1.29, 1.82) is 0 Å². The molecular formula is C18H24FNO2S. The van der Waals surface area contributed by atoms with E-state index in [4.69, 9.17) is 10.5 Å². The number of aliphatic hydroxyl groups excluding tert-OH is 1. The molecule has 0 spiro atoms. The van der Waals surface area contributed by atoms with Crippen molar-refractivity contribution in [3.8, 4) is 5.75 Å². The van der Waals surface area contributed by atoms with Crippen LogP contribution in [0.1, 0.15) is 29.5 Å². The molecule has 0 saturated heterocycles. The first kappa shape index (κ1) is 17.9. The van der Waals surface area contributed by atoms with Crippen molar-refractivity contribution in [1.82, 2.24) is 0 Å². The van der Waals surface area contributed by atoms with Gasteiger partial charge in [-0.2, -0.15) is 0 Å². The number of aryl methyl sites for hydroxylation is 2. The van der Waals surface area contributed by atoms with Gasteiger partial charge in [0.05, 0.1) is 13.2 Å². The van der Waals surface area contributed by atoms with Crippen molar-refractivity contribution < 1.29 is 14.2 Å². The van der Waals surface area contributed by atoms with Crippen LogP contribution in [0.15, 0.2) is 36.4 Å². The fraction of sp³-hybridized carbons (Fsp3) is 0.444. The predicted molar refractivity (Wildman–Crippen MR) is 92.5 cm³/mol. The lowest BCUT2D eigenvalue weighted by molar-refractivity contribution is 0.201. The second-order valence-electron chi connectivity index (χ2n) is 6.09. The summed E-state index contributed by atoms with van der Waals surface area (Å²) in [5.74, 6) is 0.447. The van der Waals surface area contributed by atoms with E-state index in [1.54, 1.807) is 23.5 Å². The van der Waals surface area contributed by atoms with Crippen molar-refractivity contribution in [2.24, 2.45) is 5.73 Å². The molecule has 1 unspecified atom stereocenters. The lowest BCUT2D eigenvalue weighted by Crippen LogP contribution is -2.40. The Morgan fingerprint density at radius 2 is 1.78 bits per heavy atom. The van der Waals surface area contributed by atoms with Gasteiger partial charge >= 0.3 is 0 Å². The lowest BCUT2D eigenvalue weighted by Gasteiger charge is -2.20. The summed E-state index contributed by atoms with van der Waals surface area (Å²) in [6.07, 6.45) is 3.55. The average molecular weight is 337 g/mol. The standard InChI is InChI=1S/C18H24FNO2S/c1-18(20,13-21)11-10-17-9-8-16(23-17)3-2-12-22-15-6-4-14(19)5-7-15/h4-9,21H,2-3,10-13,20H2,1H3. The van der Waals surface area contributed by atoms with Gasteiger partial charge < -0.3 is 15.6 Å². The lowest BCUT2D eigenvalue weighted by atomic mass is 9.98. The third-order valence-electron chi connectivity index (χ3n) is 3.67. The summed E-state index contributed by atoms with van der Waals surface area (Å²) in [5, 5.41) is 9.17. The molecule has 0 bridgehead atoms. The average Bonchev–Trinajstić information content (AvgIpc) is 2.99. The number of hydrogen-bond acceptors (Lipinski definition) is 4. The summed E-state index contributed by atoms with van der Waals surface area (Å²) in [5.41, 5.74) is 5.44. The summed E-state index contributed by atoms with van der Waals surface area (Å²) >= 11 is 1.79. The third-order valence-corrected chi connectivity index (χ3v) is 4.88. The zero-order chi connectivity index (χ0) is 16.7. The fourth-order valence-corrected chi connectivity index (χ4v) is 3.21. The highest BCUT2D eigenvalue weighted by Gasteiger charge is 2.16. The number of ether oxygens (including phenoxy) is 1. The van der Waals surface area contributed by atoms with E-state index in [-0.39, 0.29) is 12.4 Å². The van der Waals surface area contributed by atoms with Crippen LogP contribution in [0.3, 0.4) is 0 Å². The molecule has 0 aliphatic rings. The molecule has 1 atom stereocenters. The zero-order valence-electron chi connectivity index (χ0n) is 13.4. The van der Waals surface area contributed by atoms with Crippen LogP contribution >= 0.6 is 11.3 Å². The Bertz CT molecular complexity index is 595. The summed E-state index contributed by atoms with van der Waals surface area (Å²) in [7, 11) is 0. The second kappa shape index (κ2) is 8.43. The Hall–Kier alpha value is -1.43. The van der Waals surface area contributed by atoms with Gasteiger partial charge in [-0.15, -0.1) is 11.3 Å². The molecule has 0 saturated carbocycles. The Labute approximate surface area is 140 Å². The number of benzene rings is 1. The van der Waals surface area contributed by atoms with E-state index in [9.17, 15) is 9.50 Å². The Balaban J connectivity index is 1.69. The van der Waals surface area contributed by atoms with Crippen LogP contribution in [-0.4, -0.2) is 23.9 Å². The molecule has 2 rings (SSSR count). The minimum atomic E-state index is -0.507. The Morgan fingerprint density at radius 1 is 1.13 bits per heavy atom. The monoisotopic (exact) mass is 337 g/mol. The Morgan fingerprint density at radius 3 is 2.43 bits per heavy atom. The number of rotatable bonds is 9. The molecule has 3 N–H and O–H groups in total. The normalized spacial score (nSPS) is 13.7. The molecule has 1 aromatic carbocycles. The van der Waals surface area contributed by atoms with Crippen LogP contribution in [0.4, 0.5) is 4.39 Å². The fourth-order valence-electron chi connectivity index (χ4n) is 2.15. The van der Waals surface area contributed by atoms with Crippen molar-refractivity contribution in [2.45, 2.75) is 38.1 Å². The smallest absolute Gasteiger partial charge is 0.123 e. The molecule has 5 heteroatoms. The summed E-state index contributed by atoms with van der Waals surface area (Å²) in [6, 6.07) is 10.4. The summed E-state index contributed by atoms with van der Waals surface area (Å²) in [4.78, 5) is 2.62. The van der Waals surface area contributed by atoms with Gasteiger partial charge in [-0.3, -0.25) is 0 Å². The van der Waals surface area contributed by atoms with E-state index in [0.717, 1.165) is 25.7 Å². The molecule has 3 nitrogen and oxygen atoms in total. The number of nitrogens with two attached hydrogens (primary N) is 1. The molecule has 1 heterocycles. The SMILES string of the molecule is CC(N)(CO)CCc1ccc(CCCOc2ccc(F)cc2)s1. The van der Waals surface area contributed by atoms with Crippen LogP contribution in [0.5, 0.6) is 5.75 Å². The second-order valence-corrected chi connectivity index (χ2v) is 7.34. The van der Waals surface area contributed by atoms with E-state index >= 15 is 0 Å². The zero-order valence-corrected chi connectivity index (χ0v) is 14.2. The molecule has 0 amide bonds. The largest absolute Gasteiger partial charge is 0.494 e. The van der Waals surface area contributed by atoms with Gasteiger partial charge in [-0.05, 0) is 69.0 Å². The maximum absolute atomic E-state index is 12.8. The molecule has 2 aromatic rings. The third kappa shape index (κ3) is 6.29. The summed E-state index contributed by atoms with van der Waals surface area (Å²) < 4.78 is 18.4. The summed E-state index contributed by atoms with van der Waals surface area (Å²) in [6.45, 7) is 2.49.